The Bertz CT molecular complexity index is 759. The lowest BCUT2D eigenvalue weighted by Gasteiger charge is -2.55. The van der Waals surface area contributed by atoms with Gasteiger partial charge in [-0.1, -0.05) is 22.6 Å². The monoisotopic (exact) mass is 555 g/mol. The number of halogens is 1. The fourth-order valence-corrected chi connectivity index (χ4v) is 4.83. The van der Waals surface area contributed by atoms with Crippen LogP contribution in [0.5, 0.6) is 0 Å². The Kier molecular flexibility index (Phi) is 5.46. The molecule has 2 saturated heterocycles. The lowest BCUT2D eigenvalue weighted by molar-refractivity contribution is -0.197. The van der Waals surface area contributed by atoms with Crippen LogP contribution in [0.2, 0.25) is 0 Å². The fraction of sp³-hybridized carbons (Fsp3) is 0.692. The molecule has 2 aliphatic heterocycles. The van der Waals surface area contributed by atoms with E-state index in [1.165, 1.54) is 22.6 Å². The minimum absolute atomic E-state index is 1.48. The van der Waals surface area contributed by atoms with Crippen molar-refractivity contribution in [3.8, 4) is 0 Å². The molecule has 17 nitrogen and oxygen atoms in total. The number of hydrogen-bond acceptors (Lipinski definition) is 17. The van der Waals surface area contributed by atoms with Gasteiger partial charge >= 0.3 is 0 Å². The second-order valence-corrected chi connectivity index (χ2v) is 9.41. The molecule has 2 aliphatic rings. The van der Waals surface area contributed by atoms with Crippen LogP contribution in [0.1, 0.15) is 0 Å². The van der Waals surface area contributed by atoms with Crippen molar-refractivity contribution in [2.45, 2.75) is 49.3 Å². The van der Waals surface area contributed by atoms with E-state index >= 15 is 0 Å². The predicted molar refractivity (Wildman–Crippen MR) is 125 cm³/mol. The summed E-state index contributed by atoms with van der Waals surface area (Å²) in [6.45, 7) is 13.3. The standard InChI is InChI=1S/C13H30IN15O2/c1-26-12(27-2)8(20,21)6(16,17)10(24,30-12)5(14,15)11(25)7(18,19)9(22,23)13(28-3,29-4)31-11/h1-4,15-25H2. The maximum absolute atomic E-state index is 6.55. The lowest BCUT2D eigenvalue weighted by atomic mass is 9.74. The van der Waals surface area contributed by atoms with E-state index in [0.29, 0.717) is 0 Å². The second-order valence-electron chi connectivity index (χ2n) is 7.71. The zero-order valence-corrected chi connectivity index (χ0v) is 18.8. The van der Waals surface area contributed by atoms with Crippen molar-refractivity contribution in [2.75, 3.05) is 0 Å². The van der Waals surface area contributed by atoms with Crippen molar-refractivity contribution in [1.82, 2.24) is 0 Å². The summed E-state index contributed by atoms with van der Waals surface area (Å²) in [6, 6.07) is 0. The first-order valence-corrected chi connectivity index (χ1v) is 9.42. The number of alkyl halides is 1. The van der Waals surface area contributed by atoms with Crippen LogP contribution in [-0.4, -0.2) is 76.2 Å². The third kappa shape index (κ3) is 2.32. The maximum Gasteiger partial charge on any atom is 0.293 e. The Morgan fingerprint density at radius 1 is 0.548 bits per heavy atom. The van der Waals surface area contributed by atoms with E-state index in [1.807, 2.05) is 0 Å². The van der Waals surface area contributed by atoms with Crippen LogP contribution < -0.4 is 63.1 Å². The van der Waals surface area contributed by atoms with Gasteiger partial charge in [0.15, 0.2) is 26.3 Å². The first kappa shape index (κ1) is 26.1. The van der Waals surface area contributed by atoms with E-state index in [4.69, 9.17) is 72.5 Å². The molecule has 0 bridgehead atoms. The molecule has 0 radical (unpaired) electrons. The molecule has 18 heteroatoms. The number of aliphatic imine (C=N–C) groups is 4. The van der Waals surface area contributed by atoms with E-state index in [1.54, 1.807) is 0 Å². The van der Waals surface area contributed by atoms with E-state index in [0.717, 1.165) is 0 Å². The van der Waals surface area contributed by atoms with Gasteiger partial charge in [0, 0.05) is 0 Å². The van der Waals surface area contributed by atoms with Crippen molar-refractivity contribution in [1.29, 1.82) is 0 Å². The van der Waals surface area contributed by atoms with E-state index < -0.39 is 49.3 Å². The summed E-state index contributed by atoms with van der Waals surface area (Å²) in [4.78, 5) is 14.7. The van der Waals surface area contributed by atoms with Gasteiger partial charge in [-0.05, 0) is 26.9 Å². The molecule has 2 atom stereocenters. The summed E-state index contributed by atoms with van der Waals surface area (Å²) >= 11 is 1.48. The predicted octanol–water partition coefficient (Wildman–Crippen LogP) is -6.99. The molecule has 2 rings (SSSR count). The van der Waals surface area contributed by atoms with E-state index in [2.05, 4.69) is 46.8 Å². The average molecular weight is 555 g/mol. The third-order valence-corrected chi connectivity index (χ3v) is 7.82. The molecule has 22 N–H and O–H groups in total. The zero-order chi connectivity index (χ0) is 24.7. The van der Waals surface area contributed by atoms with Crippen molar-refractivity contribution in [3.05, 3.63) is 0 Å². The van der Waals surface area contributed by atoms with Crippen molar-refractivity contribution < 1.29 is 9.47 Å². The van der Waals surface area contributed by atoms with Gasteiger partial charge in [-0.25, -0.2) is 20.0 Å². The van der Waals surface area contributed by atoms with Crippen LogP contribution >= 0.6 is 22.6 Å². The topological polar surface area (TPSA) is 354 Å². The number of ether oxygens (including phenoxy) is 2. The minimum atomic E-state index is -2.57. The Labute approximate surface area is 191 Å². The molecule has 2 unspecified atom stereocenters. The van der Waals surface area contributed by atoms with Gasteiger partial charge in [-0.3, -0.25) is 11.5 Å². The van der Waals surface area contributed by atoms with Crippen LogP contribution in [0.3, 0.4) is 0 Å². The Morgan fingerprint density at radius 3 is 0.935 bits per heavy atom. The molecule has 0 aromatic carbocycles. The number of nitrogens with two attached hydrogens (primary N) is 11. The summed E-state index contributed by atoms with van der Waals surface area (Å²) in [5, 5.41) is 0. The summed E-state index contributed by atoms with van der Waals surface area (Å²) in [6.07, 6.45) is 0. The van der Waals surface area contributed by atoms with Crippen molar-refractivity contribution in [2.24, 2.45) is 83.0 Å². The van der Waals surface area contributed by atoms with Gasteiger partial charge < -0.3 is 61.1 Å². The van der Waals surface area contributed by atoms with Crippen LogP contribution in [0.15, 0.2) is 20.0 Å². The number of rotatable bonds is 6. The van der Waals surface area contributed by atoms with Crippen LogP contribution in [0, 0.1) is 0 Å². The zero-order valence-electron chi connectivity index (χ0n) is 16.7. The maximum atomic E-state index is 6.55. The minimum Gasteiger partial charge on any atom is -0.310 e. The molecule has 0 spiro atoms. The molecular formula is C13H30IN15O2. The fourth-order valence-electron chi connectivity index (χ4n) is 3.72. The van der Waals surface area contributed by atoms with E-state index in [-0.39, 0.29) is 0 Å². The Hall–Kier alpha value is -1.11. The van der Waals surface area contributed by atoms with Gasteiger partial charge in [0.05, 0.1) is 0 Å². The molecular weight excluding hydrogens is 525 g/mol. The molecule has 176 valence electrons. The molecule has 0 amide bonds. The van der Waals surface area contributed by atoms with Gasteiger partial charge in [0.25, 0.3) is 11.7 Å². The van der Waals surface area contributed by atoms with E-state index in [9.17, 15) is 0 Å². The van der Waals surface area contributed by atoms with Gasteiger partial charge in [-0.15, -0.1) is 0 Å². The number of hydrogen-bond donors (Lipinski definition) is 11. The summed E-state index contributed by atoms with van der Waals surface area (Å²) in [5.41, 5.74) is 54.3. The van der Waals surface area contributed by atoms with Gasteiger partial charge in [-0.2, -0.15) is 0 Å². The summed E-state index contributed by atoms with van der Waals surface area (Å²) in [7, 11) is 0. The molecule has 0 aromatic rings. The highest BCUT2D eigenvalue weighted by molar-refractivity contribution is 14.1. The normalized spacial score (nSPS) is 38.1. The Morgan fingerprint density at radius 2 is 0.774 bits per heavy atom. The van der Waals surface area contributed by atoms with Crippen LogP contribution in [-0.2, 0) is 9.47 Å². The first-order chi connectivity index (χ1) is 13.7. The smallest absolute Gasteiger partial charge is 0.293 e. The molecule has 31 heavy (non-hydrogen) atoms. The van der Waals surface area contributed by atoms with Crippen LogP contribution in [0.4, 0.5) is 0 Å². The number of nitrogens with zero attached hydrogens (tertiary/aromatic N) is 4. The van der Waals surface area contributed by atoms with Gasteiger partial charge in [0.2, 0.25) is 0 Å². The highest BCUT2D eigenvalue weighted by atomic mass is 127. The molecule has 2 fully saturated rings. The lowest BCUT2D eigenvalue weighted by Crippen LogP contribution is -2.96. The second kappa shape index (κ2) is 6.48. The quantitative estimate of drug-likeness (QED) is 0.0477. The third-order valence-electron chi connectivity index (χ3n) is 6.22. The average Bonchev–Trinajstić information content (AvgIpc) is 2.88. The molecule has 0 aromatic heterocycles. The molecule has 0 aliphatic carbocycles. The highest BCUT2D eigenvalue weighted by Gasteiger charge is 2.87. The van der Waals surface area contributed by atoms with Crippen LogP contribution in [0.25, 0.3) is 0 Å². The molecule has 0 saturated carbocycles. The summed E-state index contributed by atoms with van der Waals surface area (Å²) in [5.74, 6) is -4.57. The Balaban J connectivity index is 2.88. The highest BCUT2D eigenvalue weighted by Crippen LogP contribution is 2.57. The first-order valence-electron chi connectivity index (χ1n) is 8.34. The largest absolute Gasteiger partial charge is 0.310 e. The SMILES string of the molecule is C=NC1(N=C)OC(N)(C(N)(I)C2(N)OC(N=C)(N=C)C(N)(N)C2(N)N)C(N)(N)C1(N)N. The van der Waals surface area contributed by atoms with Crippen molar-refractivity contribution in [3.63, 3.8) is 0 Å². The van der Waals surface area contributed by atoms with Crippen molar-refractivity contribution >= 4 is 49.5 Å². The summed E-state index contributed by atoms with van der Waals surface area (Å²) < 4.78 is 9.12. The molecule has 2 heterocycles. The van der Waals surface area contributed by atoms with Gasteiger partial charge in [0.1, 0.15) is 11.3 Å².